The van der Waals surface area contributed by atoms with Gasteiger partial charge in [-0.3, -0.25) is 0 Å². The molecule has 0 N–H and O–H groups in total. The molecule has 0 aliphatic rings. The summed E-state index contributed by atoms with van der Waals surface area (Å²) in [6.07, 6.45) is 0. The third-order valence-electron chi connectivity index (χ3n) is 0. The van der Waals surface area contributed by atoms with Crippen molar-refractivity contribution in [2.45, 2.75) is 0 Å². The Morgan fingerprint density at radius 1 is 1.00 bits per heavy atom. The molecular weight excluding hydrogens is 286 g/mol. The largest absolute Gasteiger partial charge is 0 e. The fourth-order valence-corrected chi connectivity index (χ4v) is 0. The van der Waals surface area contributed by atoms with Crippen LogP contribution in [0, 0.1) is 0 Å². The molecule has 0 amide bonds. The van der Waals surface area contributed by atoms with Crippen LogP contribution in [0.15, 0.2) is 0 Å². The van der Waals surface area contributed by atoms with Crippen molar-refractivity contribution in [1.29, 1.82) is 0 Å². The van der Waals surface area contributed by atoms with Crippen LogP contribution >= 0.6 is 13.5 Å². The van der Waals surface area contributed by atoms with E-state index in [9.17, 15) is 0 Å². The van der Waals surface area contributed by atoms with Crippen LogP contribution in [-0.4, -0.2) is 43.7 Å². The first kappa shape index (κ1) is 32.3. The molecule has 0 aromatic rings. The van der Waals surface area contributed by atoms with Gasteiger partial charge in [0, 0.05) is 19.5 Å². The van der Waals surface area contributed by atoms with Gasteiger partial charge in [0.15, 0.2) is 0 Å². The minimum Gasteiger partial charge on any atom is 0 e. The molecule has 0 spiro atoms. The van der Waals surface area contributed by atoms with Crippen molar-refractivity contribution in [3.63, 3.8) is 0 Å². The molecule has 0 aliphatic carbocycles. The Morgan fingerprint density at radius 2 is 1.00 bits per heavy atom. The van der Waals surface area contributed by atoms with Crippen molar-refractivity contribution in [2.75, 3.05) is 0 Å². The van der Waals surface area contributed by atoms with Gasteiger partial charge >= 0.3 is 43.7 Å². The van der Waals surface area contributed by atoms with Gasteiger partial charge in [-0.2, -0.15) is 13.5 Å². The summed E-state index contributed by atoms with van der Waals surface area (Å²) in [6, 6.07) is 0. The van der Waals surface area contributed by atoms with Crippen molar-refractivity contribution >= 4 is 57.2 Å². The Labute approximate surface area is 75.7 Å². The maximum atomic E-state index is 0. The van der Waals surface area contributed by atoms with E-state index >= 15 is 0 Å². The fraction of sp³-hybridized carbons (Fsp3) is 0. The average Bonchev–Trinajstić information content (AvgIpc) is 0. The number of rotatable bonds is 0. The third-order valence-corrected chi connectivity index (χ3v) is 0. The molecule has 0 aromatic carbocycles. The predicted octanol–water partition coefficient (Wildman–Crippen LogP) is -1.99. The van der Waals surface area contributed by atoms with E-state index in [1.165, 1.54) is 0 Å². The minimum atomic E-state index is 0. The Kier molecular flexibility index (Phi) is 146. The Balaban J connectivity index is 0. The minimum absolute atomic E-state index is 0. The molecule has 2 radical (unpaired) electrons. The molecule has 0 fully saturated rings. The second-order valence-corrected chi connectivity index (χ2v) is 0. The first-order valence-electron chi connectivity index (χ1n) is 0. The molecular formula is H7GaSSnZn. The van der Waals surface area contributed by atoms with Gasteiger partial charge in [-0.15, -0.1) is 0 Å². The molecule has 22 valence electrons. The summed E-state index contributed by atoms with van der Waals surface area (Å²) in [5.41, 5.74) is 0. The standard InChI is InChI=1S/Ga.H2S.Sn.Zn.5H/h;1H2;;;;;;;. The van der Waals surface area contributed by atoms with Crippen molar-refractivity contribution in [3.8, 4) is 0 Å². The molecule has 0 bridgehead atoms. The molecule has 0 atom stereocenters. The monoisotopic (exact) mass is 292 g/mol. The summed E-state index contributed by atoms with van der Waals surface area (Å²) in [5, 5.41) is 0. The van der Waals surface area contributed by atoms with E-state index in [4.69, 9.17) is 0 Å². The van der Waals surface area contributed by atoms with Gasteiger partial charge in [-0.25, -0.2) is 0 Å². The van der Waals surface area contributed by atoms with E-state index in [0.29, 0.717) is 0 Å². The van der Waals surface area contributed by atoms with Gasteiger partial charge in [0.05, 0.1) is 0 Å². The first-order valence-corrected chi connectivity index (χ1v) is 0. The number of hydrogen-bond acceptors (Lipinski definition) is 0. The smallest absolute Gasteiger partial charge is 0 e. The first-order chi connectivity index (χ1) is 0. The molecule has 0 unspecified atom stereocenters. The number of hydrogen-bond donors (Lipinski definition) is 0. The summed E-state index contributed by atoms with van der Waals surface area (Å²) in [6.45, 7) is 0. The summed E-state index contributed by atoms with van der Waals surface area (Å²) < 4.78 is 0. The van der Waals surface area contributed by atoms with Crippen LogP contribution in [0.4, 0.5) is 0 Å². The maximum Gasteiger partial charge on any atom is 0 e. The average molecular weight is 293 g/mol. The van der Waals surface area contributed by atoms with Crippen molar-refractivity contribution in [2.24, 2.45) is 0 Å². The normalized spacial score (nSPS) is 0. The quantitative estimate of drug-likeness (QED) is 0.454. The van der Waals surface area contributed by atoms with E-state index in [-0.39, 0.29) is 76.7 Å². The van der Waals surface area contributed by atoms with Crippen LogP contribution in [0.2, 0.25) is 0 Å². The molecule has 4 heavy (non-hydrogen) atoms. The zero-order valence-electron chi connectivity index (χ0n) is 1.91. The van der Waals surface area contributed by atoms with E-state index < -0.39 is 0 Å². The second kappa shape index (κ2) is 18.1. The fourth-order valence-electron chi connectivity index (χ4n) is 0. The van der Waals surface area contributed by atoms with E-state index in [0.717, 1.165) is 0 Å². The maximum absolute atomic E-state index is 0. The van der Waals surface area contributed by atoms with Crippen LogP contribution in [0.1, 0.15) is 0 Å². The third kappa shape index (κ3) is 8.83. The van der Waals surface area contributed by atoms with Gasteiger partial charge in [-0.1, -0.05) is 0 Å². The van der Waals surface area contributed by atoms with Crippen molar-refractivity contribution in [3.05, 3.63) is 0 Å². The van der Waals surface area contributed by atoms with Gasteiger partial charge in [0.1, 0.15) is 0 Å². The van der Waals surface area contributed by atoms with Gasteiger partial charge in [-0.05, 0) is 0 Å². The summed E-state index contributed by atoms with van der Waals surface area (Å²) in [4.78, 5) is 0. The zero-order valence-corrected chi connectivity index (χ0v) is 9.92. The van der Waals surface area contributed by atoms with Gasteiger partial charge in [0.2, 0.25) is 0 Å². The molecule has 0 saturated heterocycles. The predicted molar refractivity (Wildman–Crippen MR) is 28.9 cm³/mol. The van der Waals surface area contributed by atoms with E-state index in [1.807, 2.05) is 0 Å². The van der Waals surface area contributed by atoms with Crippen LogP contribution in [0.25, 0.3) is 0 Å². The van der Waals surface area contributed by atoms with Crippen LogP contribution < -0.4 is 0 Å². The molecule has 0 saturated carbocycles. The molecule has 0 aromatic heterocycles. The van der Waals surface area contributed by atoms with Crippen molar-refractivity contribution in [1.82, 2.24) is 0 Å². The SMILES string of the molecule is S.[GaH3].[SnH2].[Zn]. The van der Waals surface area contributed by atoms with Crippen LogP contribution in [0.5, 0.6) is 0 Å². The molecule has 4 heteroatoms. The van der Waals surface area contributed by atoms with Crippen LogP contribution in [-0.2, 0) is 19.5 Å². The van der Waals surface area contributed by atoms with Gasteiger partial charge in [0.25, 0.3) is 0 Å². The summed E-state index contributed by atoms with van der Waals surface area (Å²) in [5.74, 6) is 0. The van der Waals surface area contributed by atoms with E-state index in [1.54, 1.807) is 0 Å². The Morgan fingerprint density at radius 3 is 1.00 bits per heavy atom. The van der Waals surface area contributed by atoms with E-state index in [2.05, 4.69) is 0 Å². The molecule has 0 nitrogen and oxygen atoms in total. The topological polar surface area (TPSA) is 0 Å². The molecule has 0 rings (SSSR count). The summed E-state index contributed by atoms with van der Waals surface area (Å²) in [7, 11) is 0. The Hall–Kier alpha value is 2.41. The molecule has 0 heterocycles. The second-order valence-electron chi connectivity index (χ2n) is 0. The molecule has 0 aliphatic heterocycles. The Bertz CT molecular complexity index is 8.00. The van der Waals surface area contributed by atoms with Gasteiger partial charge < -0.3 is 0 Å². The van der Waals surface area contributed by atoms with Crippen molar-refractivity contribution < 1.29 is 19.5 Å². The van der Waals surface area contributed by atoms with Crippen LogP contribution in [0.3, 0.4) is 0 Å². The summed E-state index contributed by atoms with van der Waals surface area (Å²) >= 11 is 0. The zero-order chi connectivity index (χ0) is 0.